The van der Waals surface area contributed by atoms with E-state index in [0.29, 0.717) is 6.61 Å². The molecule has 19 heavy (non-hydrogen) atoms. The van der Waals surface area contributed by atoms with Crippen molar-refractivity contribution in [2.24, 2.45) is 5.41 Å². The number of hydrogen-bond acceptors (Lipinski definition) is 3. The van der Waals surface area contributed by atoms with Crippen molar-refractivity contribution in [2.45, 2.75) is 33.0 Å². The first-order valence-electron chi connectivity index (χ1n) is 6.58. The second-order valence-corrected chi connectivity index (χ2v) is 5.88. The van der Waals surface area contributed by atoms with Gasteiger partial charge in [-0.25, -0.2) is 0 Å². The van der Waals surface area contributed by atoms with Crippen molar-refractivity contribution in [3.63, 3.8) is 0 Å². The van der Waals surface area contributed by atoms with Gasteiger partial charge in [0.1, 0.15) is 5.75 Å². The van der Waals surface area contributed by atoms with Crippen LogP contribution in [0.4, 0.5) is 0 Å². The third kappa shape index (κ3) is 3.51. The van der Waals surface area contributed by atoms with Crippen LogP contribution in [-0.2, 0) is 9.47 Å². The maximum atomic E-state index is 5.88. The molecule has 2 atom stereocenters. The molecule has 1 aromatic rings. The van der Waals surface area contributed by atoms with Crippen LogP contribution in [-0.4, -0.2) is 20.0 Å². The molecule has 3 heteroatoms. The van der Waals surface area contributed by atoms with Crippen molar-refractivity contribution in [2.75, 3.05) is 13.7 Å². The van der Waals surface area contributed by atoms with E-state index in [-0.39, 0.29) is 17.6 Å². The summed E-state index contributed by atoms with van der Waals surface area (Å²) in [5.74, 6) is 1.09. The Morgan fingerprint density at radius 2 is 1.84 bits per heavy atom. The summed E-state index contributed by atoms with van der Waals surface area (Å²) in [7, 11) is 1.67. The lowest BCUT2D eigenvalue weighted by molar-refractivity contribution is -0.159. The standard InChI is InChI=1S/C16H22O3/c1-16(2,3)15-18-10-9-13(11-19-15)12-5-7-14(17-4)8-6-12/h5-10,13,15H,11H2,1-4H3. The van der Waals surface area contributed by atoms with Crippen molar-refractivity contribution < 1.29 is 14.2 Å². The minimum atomic E-state index is -0.202. The van der Waals surface area contributed by atoms with Gasteiger partial charge < -0.3 is 14.2 Å². The van der Waals surface area contributed by atoms with Gasteiger partial charge in [-0.1, -0.05) is 32.9 Å². The molecule has 0 fully saturated rings. The fourth-order valence-electron chi connectivity index (χ4n) is 2.01. The minimum Gasteiger partial charge on any atom is -0.497 e. The van der Waals surface area contributed by atoms with Crippen molar-refractivity contribution in [1.82, 2.24) is 0 Å². The summed E-state index contributed by atoms with van der Waals surface area (Å²) >= 11 is 0. The third-order valence-electron chi connectivity index (χ3n) is 3.19. The van der Waals surface area contributed by atoms with Crippen LogP contribution in [0, 0.1) is 5.41 Å². The van der Waals surface area contributed by atoms with Crippen LogP contribution in [0.25, 0.3) is 0 Å². The van der Waals surface area contributed by atoms with E-state index in [2.05, 4.69) is 32.9 Å². The fraction of sp³-hybridized carbons (Fsp3) is 0.500. The average Bonchev–Trinajstić information content (AvgIpc) is 2.64. The zero-order chi connectivity index (χ0) is 13.9. The Morgan fingerprint density at radius 1 is 1.16 bits per heavy atom. The summed E-state index contributed by atoms with van der Waals surface area (Å²) in [5.41, 5.74) is 1.18. The zero-order valence-electron chi connectivity index (χ0n) is 12.1. The molecule has 0 aromatic heterocycles. The molecule has 0 saturated heterocycles. The van der Waals surface area contributed by atoms with Crippen molar-refractivity contribution in [1.29, 1.82) is 0 Å². The van der Waals surface area contributed by atoms with E-state index in [9.17, 15) is 0 Å². The highest BCUT2D eigenvalue weighted by atomic mass is 16.7. The highest BCUT2D eigenvalue weighted by Crippen LogP contribution is 2.29. The molecule has 0 saturated carbocycles. The van der Waals surface area contributed by atoms with Gasteiger partial charge in [0.2, 0.25) is 6.29 Å². The highest BCUT2D eigenvalue weighted by molar-refractivity contribution is 5.31. The molecule has 3 nitrogen and oxygen atoms in total. The van der Waals surface area contributed by atoms with Crippen LogP contribution in [0.3, 0.4) is 0 Å². The zero-order valence-corrected chi connectivity index (χ0v) is 12.1. The summed E-state index contributed by atoms with van der Waals surface area (Å²) in [6, 6.07) is 8.07. The van der Waals surface area contributed by atoms with Crippen LogP contribution in [0.5, 0.6) is 5.75 Å². The Hall–Kier alpha value is -1.48. The van der Waals surface area contributed by atoms with E-state index in [4.69, 9.17) is 14.2 Å². The van der Waals surface area contributed by atoms with Crippen LogP contribution in [0.1, 0.15) is 32.3 Å². The molecule has 2 unspecified atom stereocenters. The van der Waals surface area contributed by atoms with E-state index in [0.717, 1.165) is 5.75 Å². The number of ether oxygens (including phenoxy) is 3. The van der Waals surface area contributed by atoms with E-state index < -0.39 is 0 Å². The molecule has 104 valence electrons. The number of rotatable bonds is 2. The first-order valence-corrected chi connectivity index (χ1v) is 6.58. The number of hydrogen-bond donors (Lipinski definition) is 0. The molecule has 1 aliphatic heterocycles. The number of benzene rings is 1. The predicted molar refractivity (Wildman–Crippen MR) is 75.2 cm³/mol. The first kappa shape index (κ1) is 13.9. The van der Waals surface area contributed by atoms with Crippen molar-refractivity contribution in [3.05, 3.63) is 42.2 Å². The van der Waals surface area contributed by atoms with Gasteiger partial charge in [-0.15, -0.1) is 0 Å². The van der Waals surface area contributed by atoms with Gasteiger partial charge in [0, 0.05) is 11.3 Å². The van der Waals surface area contributed by atoms with E-state index in [1.165, 1.54) is 5.56 Å². The summed E-state index contributed by atoms with van der Waals surface area (Å²) < 4.78 is 16.7. The van der Waals surface area contributed by atoms with Crippen molar-refractivity contribution >= 4 is 0 Å². The fourth-order valence-corrected chi connectivity index (χ4v) is 2.01. The van der Waals surface area contributed by atoms with Crippen LogP contribution < -0.4 is 4.74 Å². The molecule has 0 radical (unpaired) electrons. The Balaban J connectivity index is 2.06. The average molecular weight is 262 g/mol. The van der Waals surface area contributed by atoms with Gasteiger partial charge in [0.15, 0.2) is 0 Å². The third-order valence-corrected chi connectivity index (χ3v) is 3.19. The lowest BCUT2D eigenvalue weighted by atomic mass is 9.96. The van der Waals surface area contributed by atoms with Gasteiger partial charge in [0.05, 0.1) is 20.0 Å². The Labute approximate surface area is 115 Å². The van der Waals surface area contributed by atoms with Gasteiger partial charge in [-0.3, -0.25) is 0 Å². The summed E-state index contributed by atoms with van der Waals surface area (Å²) in [6.07, 6.45) is 3.61. The lowest BCUT2D eigenvalue weighted by Crippen LogP contribution is -2.30. The van der Waals surface area contributed by atoms with Crippen molar-refractivity contribution in [3.8, 4) is 5.75 Å². The highest BCUT2D eigenvalue weighted by Gasteiger charge is 2.28. The quantitative estimate of drug-likeness (QED) is 0.813. The summed E-state index contributed by atoms with van der Waals surface area (Å²) in [6.45, 7) is 6.96. The second kappa shape index (κ2) is 5.66. The SMILES string of the molecule is COc1ccc(C2C=COC(C(C)(C)C)OC2)cc1. The molecule has 0 spiro atoms. The molecule has 0 aliphatic carbocycles. The molecule has 1 heterocycles. The molecule has 2 rings (SSSR count). The van der Waals surface area contributed by atoms with Gasteiger partial charge >= 0.3 is 0 Å². The Kier molecular flexibility index (Phi) is 4.15. The predicted octanol–water partition coefficient (Wildman–Crippen LogP) is 3.71. The number of methoxy groups -OCH3 is 1. The Morgan fingerprint density at radius 3 is 2.42 bits per heavy atom. The van der Waals surface area contributed by atoms with Gasteiger partial charge in [0.25, 0.3) is 0 Å². The topological polar surface area (TPSA) is 27.7 Å². The summed E-state index contributed by atoms with van der Waals surface area (Å²) in [4.78, 5) is 0. The molecule has 1 aromatic carbocycles. The molecule has 1 aliphatic rings. The van der Waals surface area contributed by atoms with Gasteiger partial charge in [-0.2, -0.15) is 0 Å². The normalized spacial score (nSPS) is 23.6. The van der Waals surface area contributed by atoms with Gasteiger partial charge in [-0.05, 0) is 23.8 Å². The molecule has 0 N–H and O–H groups in total. The smallest absolute Gasteiger partial charge is 0.203 e. The van der Waals surface area contributed by atoms with E-state index >= 15 is 0 Å². The molecule has 0 amide bonds. The maximum absolute atomic E-state index is 5.88. The summed E-state index contributed by atoms with van der Waals surface area (Å²) in [5, 5.41) is 0. The lowest BCUT2D eigenvalue weighted by Gasteiger charge is -2.28. The second-order valence-electron chi connectivity index (χ2n) is 5.88. The van der Waals surface area contributed by atoms with Crippen LogP contribution in [0.2, 0.25) is 0 Å². The first-order chi connectivity index (χ1) is 9.00. The molecule has 0 bridgehead atoms. The molecular weight excluding hydrogens is 240 g/mol. The van der Waals surface area contributed by atoms with E-state index in [1.807, 2.05) is 18.2 Å². The largest absolute Gasteiger partial charge is 0.497 e. The minimum absolute atomic E-state index is 0.0286. The van der Waals surface area contributed by atoms with E-state index in [1.54, 1.807) is 13.4 Å². The maximum Gasteiger partial charge on any atom is 0.203 e. The van der Waals surface area contributed by atoms with Crippen LogP contribution >= 0.6 is 0 Å². The molecular formula is C16H22O3. The monoisotopic (exact) mass is 262 g/mol. The Bertz CT molecular complexity index is 428. The van der Waals surface area contributed by atoms with Crippen LogP contribution in [0.15, 0.2) is 36.6 Å².